The van der Waals surface area contributed by atoms with Crippen LogP contribution in [-0.2, 0) is 0 Å². The van der Waals surface area contributed by atoms with Crippen LogP contribution in [0.15, 0.2) is 0 Å². The van der Waals surface area contributed by atoms with Crippen molar-refractivity contribution < 1.29 is 13.2 Å². The molecule has 2 N–H and O–H groups in total. The Bertz CT molecular complexity index is 339. The fraction of sp³-hybridized carbons (Fsp3) is 1.00. The van der Waals surface area contributed by atoms with Gasteiger partial charge in [0.15, 0.2) is 0 Å². The van der Waals surface area contributed by atoms with Crippen molar-refractivity contribution in [2.24, 2.45) is 17.6 Å². The van der Waals surface area contributed by atoms with Crippen molar-refractivity contribution in [1.29, 1.82) is 0 Å². The summed E-state index contributed by atoms with van der Waals surface area (Å²) in [6.45, 7) is 5.58. The predicted octanol–water partition coefficient (Wildman–Crippen LogP) is 3.95. The summed E-state index contributed by atoms with van der Waals surface area (Å²) in [5.41, 5.74) is 5.59. The van der Waals surface area contributed by atoms with Gasteiger partial charge in [0.05, 0.1) is 5.92 Å². The highest BCUT2D eigenvalue weighted by atomic mass is 19.4. The largest absolute Gasteiger partial charge is 0.391 e. The van der Waals surface area contributed by atoms with Crippen LogP contribution >= 0.6 is 0 Å². The lowest BCUT2D eigenvalue weighted by atomic mass is 9.74. The number of halogens is 3. The molecule has 2 aliphatic carbocycles. The molecule has 0 saturated heterocycles. The molecule has 21 heavy (non-hydrogen) atoms. The van der Waals surface area contributed by atoms with Gasteiger partial charge in [-0.15, -0.1) is 0 Å². The van der Waals surface area contributed by atoms with Crippen molar-refractivity contribution in [3.63, 3.8) is 0 Å². The first kappa shape index (κ1) is 17.1. The van der Waals surface area contributed by atoms with Gasteiger partial charge < -0.3 is 5.73 Å². The van der Waals surface area contributed by atoms with Crippen molar-refractivity contribution in [2.75, 3.05) is 13.1 Å². The number of hydrogen-bond donors (Lipinski definition) is 1. The van der Waals surface area contributed by atoms with E-state index in [-0.39, 0.29) is 12.8 Å². The molecular formula is C16H29F3N2. The van der Waals surface area contributed by atoms with E-state index in [0.29, 0.717) is 24.9 Å². The SMILES string of the molecule is CC(C)CCN(C1CC1)C1(CN)CCCC(C(F)(F)F)C1. The number of alkyl halides is 3. The van der Waals surface area contributed by atoms with E-state index in [1.54, 1.807) is 0 Å². The van der Waals surface area contributed by atoms with Crippen molar-refractivity contribution in [2.45, 2.75) is 76.6 Å². The van der Waals surface area contributed by atoms with Gasteiger partial charge in [-0.3, -0.25) is 4.90 Å². The fourth-order valence-corrected chi connectivity index (χ4v) is 3.77. The third kappa shape index (κ3) is 4.13. The standard InChI is InChI=1S/C16H29F3N2/c1-12(2)7-9-21(14-5-6-14)15(11-20)8-3-4-13(10-15)16(17,18)19/h12-14H,3-11,20H2,1-2H3. The second-order valence-electron chi connectivity index (χ2n) is 7.37. The van der Waals surface area contributed by atoms with E-state index in [1.165, 1.54) is 0 Å². The smallest absolute Gasteiger partial charge is 0.329 e. The summed E-state index contributed by atoms with van der Waals surface area (Å²) in [5, 5.41) is 0. The minimum Gasteiger partial charge on any atom is -0.329 e. The zero-order valence-electron chi connectivity index (χ0n) is 13.3. The van der Waals surface area contributed by atoms with Crippen LogP contribution < -0.4 is 5.73 Å². The van der Waals surface area contributed by atoms with Gasteiger partial charge in [-0.2, -0.15) is 13.2 Å². The number of hydrogen-bond acceptors (Lipinski definition) is 2. The van der Waals surface area contributed by atoms with Crippen molar-refractivity contribution >= 4 is 0 Å². The first-order chi connectivity index (χ1) is 9.78. The molecule has 2 aliphatic rings. The van der Waals surface area contributed by atoms with E-state index < -0.39 is 17.6 Å². The third-order valence-electron chi connectivity index (χ3n) is 5.21. The first-order valence-corrected chi connectivity index (χ1v) is 8.32. The third-order valence-corrected chi connectivity index (χ3v) is 5.21. The quantitative estimate of drug-likeness (QED) is 0.805. The molecule has 2 fully saturated rings. The molecule has 0 aliphatic heterocycles. The van der Waals surface area contributed by atoms with Gasteiger partial charge in [-0.25, -0.2) is 0 Å². The van der Waals surface area contributed by atoms with Crippen LogP contribution in [0.25, 0.3) is 0 Å². The Labute approximate surface area is 126 Å². The molecule has 2 saturated carbocycles. The lowest BCUT2D eigenvalue weighted by Crippen LogP contribution is -2.58. The van der Waals surface area contributed by atoms with Crippen LogP contribution in [0.2, 0.25) is 0 Å². The first-order valence-electron chi connectivity index (χ1n) is 8.32. The summed E-state index contributed by atoms with van der Waals surface area (Å²) < 4.78 is 39.5. The predicted molar refractivity (Wildman–Crippen MR) is 79.0 cm³/mol. The van der Waals surface area contributed by atoms with E-state index in [0.717, 1.165) is 32.2 Å². The molecule has 0 heterocycles. The van der Waals surface area contributed by atoms with E-state index in [4.69, 9.17) is 5.73 Å². The van der Waals surface area contributed by atoms with Crippen LogP contribution in [0.5, 0.6) is 0 Å². The average Bonchev–Trinajstić information content (AvgIpc) is 3.22. The fourth-order valence-electron chi connectivity index (χ4n) is 3.77. The van der Waals surface area contributed by atoms with Gasteiger partial charge in [-0.05, 0) is 51.0 Å². The molecule has 0 aromatic heterocycles. The normalized spacial score (nSPS) is 31.1. The van der Waals surface area contributed by atoms with Gasteiger partial charge in [0.2, 0.25) is 0 Å². The van der Waals surface area contributed by atoms with Crippen LogP contribution in [0.4, 0.5) is 13.2 Å². The summed E-state index contributed by atoms with van der Waals surface area (Å²) in [6, 6.07) is 0.472. The Hall–Kier alpha value is -0.290. The summed E-state index contributed by atoms with van der Waals surface area (Å²) in [5.74, 6) is -0.599. The average molecular weight is 306 g/mol. The summed E-state index contributed by atoms with van der Waals surface area (Å²) in [6.07, 6.45) is 1.14. The topological polar surface area (TPSA) is 29.3 Å². The highest BCUT2D eigenvalue weighted by Gasteiger charge is 2.51. The lowest BCUT2D eigenvalue weighted by Gasteiger charge is -2.49. The van der Waals surface area contributed by atoms with E-state index in [1.807, 2.05) is 0 Å². The van der Waals surface area contributed by atoms with Crippen LogP contribution in [0.3, 0.4) is 0 Å². The van der Waals surface area contributed by atoms with Gasteiger partial charge in [-0.1, -0.05) is 20.3 Å². The molecule has 0 spiro atoms. The van der Waals surface area contributed by atoms with Gasteiger partial charge in [0.1, 0.15) is 0 Å². The Morgan fingerprint density at radius 3 is 2.38 bits per heavy atom. The van der Waals surface area contributed by atoms with Gasteiger partial charge in [0, 0.05) is 18.1 Å². The van der Waals surface area contributed by atoms with Crippen LogP contribution in [0, 0.1) is 11.8 Å². The molecule has 124 valence electrons. The Kier molecular flexibility index (Phi) is 5.24. The summed E-state index contributed by atoms with van der Waals surface area (Å²) >= 11 is 0. The zero-order chi connectivity index (χ0) is 15.7. The maximum absolute atomic E-state index is 13.2. The molecule has 0 amide bonds. The Morgan fingerprint density at radius 2 is 1.90 bits per heavy atom. The van der Waals surface area contributed by atoms with E-state index in [9.17, 15) is 13.2 Å². The molecule has 0 aromatic rings. The zero-order valence-corrected chi connectivity index (χ0v) is 13.3. The second kappa shape index (κ2) is 6.45. The molecule has 2 atom stereocenters. The minimum atomic E-state index is -4.08. The van der Waals surface area contributed by atoms with Crippen molar-refractivity contribution in [1.82, 2.24) is 4.90 Å². The maximum atomic E-state index is 13.2. The molecular weight excluding hydrogens is 277 g/mol. The number of nitrogens with zero attached hydrogens (tertiary/aromatic N) is 1. The molecule has 2 rings (SSSR count). The van der Waals surface area contributed by atoms with Crippen LogP contribution in [0.1, 0.15) is 58.8 Å². The summed E-state index contributed by atoms with van der Waals surface area (Å²) in [4.78, 5) is 2.35. The van der Waals surface area contributed by atoms with Crippen LogP contribution in [-0.4, -0.2) is 35.7 Å². The molecule has 0 bridgehead atoms. The molecule has 0 aromatic carbocycles. The highest BCUT2D eigenvalue weighted by Crippen LogP contribution is 2.46. The lowest BCUT2D eigenvalue weighted by molar-refractivity contribution is -0.194. The van der Waals surface area contributed by atoms with E-state index >= 15 is 0 Å². The van der Waals surface area contributed by atoms with Gasteiger partial charge in [0.25, 0.3) is 0 Å². The molecule has 5 heteroatoms. The van der Waals surface area contributed by atoms with E-state index in [2.05, 4.69) is 18.7 Å². The summed E-state index contributed by atoms with van der Waals surface area (Å²) in [7, 11) is 0. The van der Waals surface area contributed by atoms with Crippen molar-refractivity contribution in [3.8, 4) is 0 Å². The highest BCUT2D eigenvalue weighted by molar-refractivity contribution is 5.03. The monoisotopic (exact) mass is 306 g/mol. The molecule has 2 nitrogen and oxygen atoms in total. The Balaban J connectivity index is 2.13. The number of nitrogens with two attached hydrogens (primary N) is 1. The Morgan fingerprint density at radius 1 is 1.24 bits per heavy atom. The maximum Gasteiger partial charge on any atom is 0.391 e. The number of rotatable bonds is 6. The molecule has 0 radical (unpaired) electrons. The molecule has 2 unspecified atom stereocenters. The minimum absolute atomic E-state index is 0.196. The van der Waals surface area contributed by atoms with Crippen molar-refractivity contribution in [3.05, 3.63) is 0 Å². The second-order valence-corrected chi connectivity index (χ2v) is 7.37. The van der Waals surface area contributed by atoms with Gasteiger partial charge >= 0.3 is 6.18 Å².